The van der Waals surface area contributed by atoms with Crippen LogP contribution >= 0.6 is 0 Å². The maximum atomic E-state index is 5.43. The smallest absolute Gasteiger partial charge is 0.106 e. The fourth-order valence-electron chi connectivity index (χ4n) is 2.54. The number of nitrogens with one attached hydrogen (secondary N) is 2. The lowest BCUT2D eigenvalue weighted by Crippen LogP contribution is -2.37. The fraction of sp³-hybridized carbons (Fsp3) is 0.769. The van der Waals surface area contributed by atoms with Gasteiger partial charge in [-0.1, -0.05) is 0 Å². The Morgan fingerprint density at radius 1 is 1.53 bits per heavy atom. The molecule has 0 aromatic carbocycles. The summed E-state index contributed by atoms with van der Waals surface area (Å²) in [5.41, 5.74) is 0. The quantitative estimate of drug-likeness (QED) is 0.743. The van der Waals surface area contributed by atoms with Crippen molar-refractivity contribution in [3.8, 4) is 0 Å². The Balaban J connectivity index is 1.58. The number of hydrogen-bond acceptors (Lipinski definition) is 3. The molecule has 1 aromatic rings. The Bertz CT molecular complexity index is 300. The van der Waals surface area contributed by atoms with Crippen LogP contribution in [0.3, 0.4) is 0 Å². The van der Waals surface area contributed by atoms with Crippen molar-refractivity contribution in [1.29, 1.82) is 0 Å². The molecule has 1 saturated carbocycles. The van der Waals surface area contributed by atoms with Crippen molar-refractivity contribution in [2.75, 3.05) is 13.7 Å². The van der Waals surface area contributed by atoms with Gasteiger partial charge in [0.25, 0.3) is 0 Å². The van der Waals surface area contributed by atoms with Gasteiger partial charge in [-0.25, -0.2) is 4.98 Å². The van der Waals surface area contributed by atoms with Crippen molar-refractivity contribution in [2.24, 2.45) is 0 Å². The van der Waals surface area contributed by atoms with E-state index in [-0.39, 0.29) is 0 Å². The van der Waals surface area contributed by atoms with E-state index in [1.807, 2.05) is 19.5 Å². The minimum absolute atomic E-state index is 0.464. The first-order valence-electron chi connectivity index (χ1n) is 6.63. The zero-order valence-corrected chi connectivity index (χ0v) is 10.6. The number of methoxy groups -OCH3 is 1. The topological polar surface area (TPSA) is 49.9 Å². The van der Waals surface area contributed by atoms with Crippen molar-refractivity contribution in [3.63, 3.8) is 0 Å². The Morgan fingerprint density at radius 2 is 2.47 bits per heavy atom. The highest BCUT2D eigenvalue weighted by Crippen LogP contribution is 2.20. The molecule has 1 heterocycles. The molecule has 2 rings (SSSR count). The molecule has 0 aliphatic heterocycles. The number of H-pyrrole nitrogens is 1. The lowest BCUT2D eigenvalue weighted by Gasteiger charge is -2.28. The van der Waals surface area contributed by atoms with E-state index in [2.05, 4.69) is 15.3 Å². The molecular weight excluding hydrogens is 214 g/mol. The van der Waals surface area contributed by atoms with E-state index < -0.39 is 0 Å². The third-order valence-electron chi connectivity index (χ3n) is 3.54. The van der Waals surface area contributed by atoms with Crippen LogP contribution in [0.25, 0.3) is 0 Å². The number of imidazole rings is 1. The lowest BCUT2D eigenvalue weighted by molar-refractivity contribution is 0.0589. The molecule has 0 radical (unpaired) electrons. The molecule has 1 aromatic heterocycles. The Hall–Kier alpha value is -0.870. The van der Waals surface area contributed by atoms with Crippen LogP contribution in [-0.2, 0) is 11.2 Å². The SMILES string of the molecule is COC1CCCC(NCCCc2ncc[nH]2)C1. The van der Waals surface area contributed by atoms with Gasteiger partial charge in [0.15, 0.2) is 0 Å². The zero-order chi connectivity index (χ0) is 11.9. The highest BCUT2D eigenvalue weighted by atomic mass is 16.5. The Kier molecular flexibility index (Phi) is 5.01. The molecule has 1 fully saturated rings. The van der Waals surface area contributed by atoms with Gasteiger partial charge in [-0.15, -0.1) is 0 Å². The molecule has 17 heavy (non-hydrogen) atoms. The van der Waals surface area contributed by atoms with E-state index in [0.29, 0.717) is 12.1 Å². The number of aryl methyl sites for hydroxylation is 1. The Morgan fingerprint density at radius 3 is 3.24 bits per heavy atom. The molecule has 4 heteroatoms. The van der Waals surface area contributed by atoms with Gasteiger partial charge in [-0.2, -0.15) is 0 Å². The summed E-state index contributed by atoms with van der Waals surface area (Å²) in [4.78, 5) is 7.36. The second-order valence-electron chi connectivity index (χ2n) is 4.81. The summed E-state index contributed by atoms with van der Waals surface area (Å²) in [5, 5.41) is 3.63. The predicted octanol–water partition coefficient (Wildman–Crippen LogP) is 1.89. The van der Waals surface area contributed by atoms with Gasteiger partial charge >= 0.3 is 0 Å². The van der Waals surface area contributed by atoms with Crippen molar-refractivity contribution >= 4 is 0 Å². The van der Waals surface area contributed by atoms with Crippen LogP contribution in [0.5, 0.6) is 0 Å². The average Bonchev–Trinajstić information content (AvgIpc) is 2.88. The first kappa shape index (κ1) is 12.6. The molecule has 0 spiro atoms. The van der Waals surface area contributed by atoms with Crippen LogP contribution in [0.1, 0.15) is 37.9 Å². The minimum Gasteiger partial charge on any atom is -0.381 e. The molecule has 2 N–H and O–H groups in total. The highest BCUT2D eigenvalue weighted by molar-refractivity contribution is 4.87. The zero-order valence-electron chi connectivity index (χ0n) is 10.6. The van der Waals surface area contributed by atoms with Crippen molar-refractivity contribution in [3.05, 3.63) is 18.2 Å². The van der Waals surface area contributed by atoms with Crippen LogP contribution in [0, 0.1) is 0 Å². The minimum atomic E-state index is 0.464. The van der Waals surface area contributed by atoms with E-state index >= 15 is 0 Å². The van der Waals surface area contributed by atoms with Gasteiger partial charge in [0.05, 0.1) is 6.10 Å². The second-order valence-corrected chi connectivity index (χ2v) is 4.81. The number of hydrogen-bond donors (Lipinski definition) is 2. The largest absolute Gasteiger partial charge is 0.381 e. The average molecular weight is 237 g/mol. The predicted molar refractivity (Wildman–Crippen MR) is 68.0 cm³/mol. The molecule has 96 valence electrons. The molecule has 0 saturated heterocycles. The molecule has 0 bridgehead atoms. The molecule has 1 aliphatic rings. The van der Waals surface area contributed by atoms with E-state index in [1.165, 1.54) is 19.3 Å². The first-order valence-corrected chi connectivity index (χ1v) is 6.63. The van der Waals surface area contributed by atoms with Gasteiger partial charge in [0, 0.05) is 32.0 Å². The van der Waals surface area contributed by atoms with Crippen LogP contribution in [0.15, 0.2) is 12.4 Å². The number of aromatic nitrogens is 2. The maximum absolute atomic E-state index is 5.43. The van der Waals surface area contributed by atoms with Crippen molar-refractivity contribution in [1.82, 2.24) is 15.3 Å². The van der Waals surface area contributed by atoms with Crippen LogP contribution in [0.4, 0.5) is 0 Å². The molecular formula is C13H23N3O. The third kappa shape index (κ3) is 4.13. The van der Waals surface area contributed by atoms with Crippen LogP contribution in [0.2, 0.25) is 0 Å². The highest BCUT2D eigenvalue weighted by Gasteiger charge is 2.20. The second kappa shape index (κ2) is 6.77. The van der Waals surface area contributed by atoms with E-state index in [1.54, 1.807) is 0 Å². The normalized spacial score (nSPS) is 25.0. The molecule has 1 aliphatic carbocycles. The van der Waals surface area contributed by atoms with Gasteiger partial charge in [-0.05, 0) is 38.6 Å². The van der Waals surface area contributed by atoms with E-state index in [0.717, 1.165) is 31.6 Å². The molecule has 2 unspecified atom stereocenters. The van der Waals surface area contributed by atoms with Crippen LogP contribution < -0.4 is 5.32 Å². The number of ether oxygens (including phenoxy) is 1. The van der Waals surface area contributed by atoms with E-state index in [4.69, 9.17) is 4.74 Å². The monoisotopic (exact) mass is 237 g/mol. The molecule has 2 atom stereocenters. The lowest BCUT2D eigenvalue weighted by atomic mass is 9.93. The number of rotatable bonds is 6. The first-order chi connectivity index (χ1) is 8.38. The Labute approximate surface area is 103 Å². The molecule has 4 nitrogen and oxygen atoms in total. The van der Waals surface area contributed by atoms with Gasteiger partial charge in [0.2, 0.25) is 0 Å². The fourth-order valence-corrected chi connectivity index (χ4v) is 2.54. The van der Waals surface area contributed by atoms with Crippen LogP contribution in [-0.4, -0.2) is 35.8 Å². The summed E-state index contributed by atoms with van der Waals surface area (Å²) in [6.45, 7) is 1.07. The summed E-state index contributed by atoms with van der Waals surface area (Å²) < 4.78 is 5.43. The van der Waals surface area contributed by atoms with Crippen molar-refractivity contribution in [2.45, 2.75) is 50.7 Å². The standard InChI is InChI=1S/C13H23N3O/c1-17-12-5-2-4-11(10-12)14-7-3-6-13-15-8-9-16-13/h8-9,11-12,14H,2-7,10H2,1H3,(H,15,16). The summed E-state index contributed by atoms with van der Waals surface area (Å²) >= 11 is 0. The summed E-state index contributed by atoms with van der Waals surface area (Å²) in [5.74, 6) is 1.09. The summed E-state index contributed by atoms with van der Waals surface area (Å²) in [6.07, 6.45) is 11.3. The number of nitrogens with zero attached hydrogens (tertiary/aromatic N) is 1. The summed E-state index contributed by atoms with van der Waals surface area (Å²) in [6, 6.07) is 0.644. The maximum Gasteiger partial charge on any atom is 0.106 e. The number of aromatic amines is 1. The molecule has 0 amide bonds. The van der Waals surface area contributed by atoms with E-state index in [9.17, 15) is 0 Å². The van der Waals surface area contributed by atoms with Gasteiger partial charge in [-0.3, -0.25) is 0 Å². The van der Waals surface area contributed by atoms with Crippen molar-refractivity contribution < 1.29 is 4.74 Å². The third-order valence-corrected chi connectivity index (χ3v) is 3.54. The summed E-state index contributed by atoms with van der Waals surface area (Å²) in [7, 11) is 1.82. The van der Waals surface area contributed by atoms with Gasteiger partial charge < -0.3 is 15.0 Å². The van der Waals surface area contributed by atoms with Gasteiger partial charge in [0.1, 0.15) is 5.82 Å².